The molecule has 1 atom stereocenters. The molecule has 1 aromatic rings. The van der Waals surface area contributed by atoms with Crippen molar-refractivity contribution in [3.05, 3.63) is 12.4 Å². The Balaban J connectivity index is 1.33. The maximum absolute atomic E-state index is 12.3. The van der Waals surface area contributed by atoms with Gasteiger partial charge in [-0.15, -0.1) is 0 Å². The van der Waals surface area contributed by atoms with Gasteiger partial charge >= 0.3 is 6.03 Å². The Kier molecular flexibility index (Phi) is 5.15. The summed E-state index contributed by atoms with van der Waals surface area (Å²) in [5.41, 5.74) is 0.666. The number of urea groups is 1. The Labute approximate surface area is 136 Å². The fourth-order valence-electron chi connectivity index (χ4n) is 3.45. The van der Waals surface area contributed by atoms with Gasteiger partial charge in [0.2, 0.25) is 5.91 Å². The monoisotopic (exact) mass is 319 g/mol. The van der Waals surface area contributed by atoms with Gasteiger partial charge in [0.1, 0.15) is 0 Å². The molecule has 1 saturated carbocycles. The van der Waals surface area contributed by atoms with Crippen molar-refractivity contribution in [1.29, 1.82) is 0 Å². The zero-order valence-corrected chi connectivity index (χ0v) is 13.4. The number of H-pyrrole nitrogens is 1. The summed E-state index contributed by atoms with van der Waals surface area (Å²) >= 11 is 0. The summed E-state index contributed by atoms with van der Waals surface area (Å²) in [6, 6.07) is 0.475. The molecule has 0 spiro atoms. The number of carbonyl (C=O) groups excluding carboxylic acids is 2. The standard InChI is InChI=1S/C16H25N5O2/c22-15(20-13-10-18-19-11-13)7-2-8-17-16(23)21-9-3-6-14(21)12-4-1-5-12/h10-12,14H,1-9H2,(H,17,23)(H,18,19)(H,20,22)/t14-/m0/s1. The number of hydrogen-bond donors (Lipinski definition) is 3. The van der Waals surface area contributed by atoms with Gasteiger partial charge in [0.15, 0.2) is 0 Å². The Morgan fingerprint density at radius 1 is 1.30 bits per heavy atom. The highest BCUT2D eigenvalue weighted by Gasteiger charge is 2.37. The first-order valence-electron chi connectivity index (χ1n) is 8.57. The molecule has 0 radical (unpaired) electrons. The van der Waals surface area contributed by atoms with Gasteiger partial charge in [-0.05, 0) is 38.0 Å². The summed E-state index contributed by atoms with van der Waals surface area (Å²) in [7, 11) is 0. The van der Waals surface area contributed by atoms with Crippen LogP contribution in [-0.2, 0) is 4.79 Å². The van der Waals surface area contributed by atoms with E-state index in [0.717, 1.165) is 19.4 Å². The number of aromatic amines is 1. The summed E-state index contributed by atoms with van der Waals surface area (Å²) in [5.74, 6) is 0.651. The third-order valence-electron chi connectivity index (χ3n) is 4.89. The molecule has 126 valence electrons. The van der Waals surface area contributed by atoms with Crippen LogP contribution in [-0.4, -0.2) is 46.2 Å². The molecular formula is C16H25N5O2. The number of anilines is 1. The predicted molar refractivity (Wildman–Crippen MR) is 86.9 cm³/mol. The van der Waals surface area contributed by atoms with E-state index in [0.29, 0.717) is 37.0 Å². The maximum Gasteiger partial charge on any atom is 0.317 e. The minimum Gasteiger partial charge on any atom is -0.338 e. The van der Waals surface area contributed by atoms with E-state index in [1.165, 1.54) is 19.3 Å². The van der Waals surface area contributed by atoms with Crippen molar-refractivity contribution >= 4 is 17.6 Å². The molecule has 3 N–H and O–H groups in total. The van der Waals surface area contributed by atoms with Gasteiger partial charge in [0.05, 0.1) is 11.9 Å². The molecule has 1 saturated heterocycles. The van der Waals surface area contributed by atoms with Crippen molar-refractivity contribution in [3.63, 3.8) is 0 Å². The van der Waals surface area contributed by atoms with E-state index in [9.17, 15) is 9.59 Å². The molecule has 23 heavy (non-hydrogen) atoms. The number of nitrogens with zero attached hydrogens (tertiary/aromatic N) is 2. The second kappa shape index (κ2) is 7.48. The van der Waals surface area contributed by atoms with E-state index >= 15 is 0 Å². The van der Waals surface area contributed by atoms with Crippen molar-refractivity contribution < 1.29 is 9.59 Å². The normalized spacial score (nSPS) is 21.0. The van der Waals surface area contributed by atoms with Crippen LogP contribution in [0.15, 0.2) is 12.4 Å². The lowest BCUT2D eigenvalue weighted by Crippen LogP contribution is -2.47. The first-order valence-corrected chi connectivity index (χ1v) is 8.57. The summed E-state index contributed by atoms with van der Waals surface area (Å²) in [4.78, 5) is 26.0. The highest BCUT2D eigenvalue weighted by atomic mass is 16.2. The number of nitrogens with one attached hydrogen (secondary N) is 3. The molecule has 1 aromatic heterocycles. The van der Waals surface area contributed by atoms with Gasteiger partial charge < -0.3 is 15.5 Å². The molecule has 0 unspecified atom stereocenters. The minimum absolute atomic E-state index is 0.0367. The molecular weight excluding hydrogens is 294 g/mol. The molecule has 2 aliphatic rings. The number of carbonyl (C=O) groups is 2. The lowest BCUT2D eigenvalue weighted by molar-refractivity contribution is -0.116. The van der Waals surface area contributed by atoms with Crippen LogP contribution in [0, 0.1) is 5.92 Å². The molecule has 7 nitrogen and oxygen atoms in total. The molecule has 3 rings (SSSR count). The molecule has 3 amide bonds. The van der Waals surface area contributed by atoms with Gasteiger partial charge in [-0.25, -0.2) is 4.79 Å². The number of amides is 3. The molecule has 1 aliphatic heterocycles. The average Bonchev–Trinajstić information content (AvgIpc) is 3.13. The second-order valence-corrected chi connectivity index (χ2v) is 6.46. The van der Waals surface area contributed by atoms with Crippen LogP contribution in [0.2, 0.25) is 0 Å². The topological polar surface area (TPSA) is 90.1 Å². The van der Waals surface area contributed by atoms with Crippen LogP contribution in [0.5, 0.6) is 0 Å². The largest absolute Gasteiger partial charge is 0.338 e. The average molecular weight is 319 g/mol. The SMILES string of the molecule is O=C(CCCNC(=O)N1CCC[C@H]1C1CCC1)Nc1cn[nH]c1. The molecule has 1 aliphatic carbocycles. The van der Waals surface area contributed by atoms with Crippen LogP contribution in [0.3, 0.4) is 0 Å². The zero-order chi connectivity index (χ0) is 16.1. The van der Waals surface area contributed by atoms with Crippen molar-refractivity contribution in [1.82, 2.24) is 20.4 Å². The summed E-state index contributed by atoms with van der Waals surface area (Å²) < 4.78 is 0. The van der Waals surface area contributed by atoms with Crippen molar-refractivity contribution in [2.45, 2.75) is 51.0 Å². The molecule has 7 heteroatoms. The highest BCUT2D eigenvalue weighted by molar-refractivity contribution is 5.90. The molecule has 0 bridgehead atoms. The van der Waals surface area contributed by atoms with E-state index in [1.54, 1.807) is 12.4 Å². The van der Waals surface area contributed by atoms with Gasteiger partial charge in [0, 0.05) is 31.7 Å². The predicted octanol–water partition coefficient (Wildman–Crippen LogP) is 2.10. The third-order valence-corrected chi connectivity index (χ3v) is 4.89. The lowest BCUT2D eigenvalue weighted by atomic mass is 9.79. The Bertz CT molecular complexity index is 527. The van der Waals surface area contributed by atoms with Gasteiger partial charge in [0.25, 0.3) is 0 Å². The quantitative estimate of drug-likeness (QED) is 0.701. The fourth-order valence-corrected chi connectivity index (χ4v) is 3.45. The second-order valence-electron chi connectivity index (χ2n) is 6.46. The van der Waals surface area contributed by atoms with Gasteiger partial charge in [-0.1, -0.05) is 6.42 Å². The van der Waals surface area contributed by atoms with E-state index in [-0.39, 0.29) is 11.9 Å². The Morgan fingerprint density at radius 3 is 2.87 bits per heavy atom. The highest BCUT2D eigenvalue weighted by Crippen LogP contribution is 2.37. The van der Waals surface area contributed by atoms with Crippen LogP contribution in [0.25, 0.3) is 0 Å². The van der Waals surface area contributed by atoms with Crippen molar-refractivity contribution in [2.75, 3.05) is 18.4 Å². The van der Waals surface area contributed by atoms with Crippen molar-refractivity contribution in [3.8, 4) is 0 Å². The molecule has 0 aromatic carbocycles. The third kappa shape index (κ3) is 4.03. The number of hydrogen-bond acceptors (Lipinski definition) is 3. The first-order chi connectivity index (χ1) is 11.2. The summed E-state index contributed by atoms with van der Waals surface area (Å²) in [6.45, 7) is 1.40. The number of aromatic nitrogens is 2. The molecule has 2 heterocycles. The molecule has 2 fully saturated rings. The summed E-state index contributed by atoms with van der Waals surface area (Å²) in [6.07, 6.45) is 10.3. The number of rotatable bonds is 6. The van der Waals surface area contributed by atoms with Crippen LogP contribution in [0.4, 0.5) is 10.5 Å². The minimum atomic E-state index is -0.0610. The Morgan fingerprint density at radius 2 is 2.17 bits per heavy atom. The maximum atomic E-state index is 12.3. The van der Waals surface area contributed by atoms with Gasteiger partial charge in [-0.3, -0.25) is 9.89 Å². The Hall–Kier alpha value is -2.05. The van der Waals surface area contributed by atoms with Crippen LogP contribution in [0.1, 0.15) is 44.9 Å². The van der Waals surface area contributed by atoms with Crippen molar-refractivity contribution in [2.24, 2.45) is 5.92 Å². The zero-order valence-electron chi connectivity index (χ0n) is 13.4. The van der Waals surface area contributed by atoms with E-state index < -0.39 is 0 Å². The van der Waals surface area contributed by atoms with Crippen LogP contribution < -0.4 is 10.6 Å². The fraction of sp³-hybridized carbons (Fsp3) is 0.688. The van der Waals surface area contributed by atoms with E-state index in [2.05, 4.69) is 20.8 Å². The van der Waals surface area contributed by atoms with Gasteiger partial charge in [-0.2, -0.15) is 5.10 Å². The van der Waals surface area contributed by atoms with Crippen LogP contribution >= 0.6 is 0 Å². The van der Waals surface area contributed by atoms with E-state index in [4.69, 9.17) is 0 Å². The smallest absolute Gasteiger partial charge is 0.317 e. The first kappa shape index (κ1) is 15.8. The summed E-state index contributed by atoms with van der Waals surface area (Å²) in [5, 5.41) is 12.1. The lowest BCUT2D eigenvalue weighted by Gasteiger charge is -2.36. The van der Waals surface area contributed by atoms with E-state index in [1.807, 2.05) is 4.90 Å². The number of likely N-dealkylation sites (tertiary alicyclic amines) is 1.